The van der Waals surface area contributed by atoms with Crippen molar-refractivity contribution in [3.8, 4) is 0 Å². The van der Waals surface area contributed by atoms with Crippen molar-refractivity contribution in [1.29, 1.82) is 0 Å². The van der Waals surface area contributed by atoms with E-state index in [1.54, 1.807) is 0 Å². The number of rotatable bonds is 8. The number of aryl methyl sites for hydroxylation is 1. The molecule has 29 heavy (non-hydrogen) atoms. The Labute approximate surface area is 180 Å². The summed E-state index contributed by atoms with van der Waals surface area (Å²) in [6.07, 6.45) is 18.6. The number of piperidine rings is 1. The molecule has 2 unspecified atom stereocenters. The van der Waals surface area contributed by atoms with Crippen molar-refractivity contribution in [2.45, 2.75) is 95.6 Å². The highest BCUT2D eigenvalue weighted by molar-refractivity contribution is 5.14. The van der Waals surface area contributed by atoms with Gasteiger partial charge in [-0.2, -0.15) is 0 Å². The van der Waals surface area contributed by atoms with Gasteiger partial charge in [-0.15, -0.1) is 0 Å². The molecule has 2 nitrogen and oxygen atoms in total. The average molecular weight is 397 g/mol. The molecule has 0 bridgehead atoms. The van der Waals surface area contributed by atoms with Gasteiger partial charge in [-0.3, -0.25) is 0 Å². The summed E-state index contributed by atoms with van der Waals surface area (Å²) in [5.41, 5.74) is 1.51. The molecule has 0 aromatic heterocycles. The monoisotopic (exact) mass is 396 g/mol. The van der Waals surface area contributed by atoms with E-state index in [1.165, 1.54) is 109 Å². The van der Waals surface area contributed by atoms with Crippen LogP contribution >= 0.6 is 0 Å². The molecule has 2 saturated carbocycles. The van der Waals surface area contributed by atoms with E-state index in [4.69, 9.17) is 0 Å². The van der Waals surface area contributed by atoms with Crippen molar-refractivity contribution < 1.29 is 0 Å². The Morgan fingerprint density at radius 2 is 1.59 bits per heavy atom. The van der Waals surface area contributed by atoms with E-state index in [2.05, 4.69) is 47.2 Å². The molecule has 0 spiro atoms. The van der Waals surface area contributed by atoms with Crippen molar-refractivity contribution in [1.82, 2.24) is 9.80 Å². The van der Waals surface area contributed by atoms with E-state index in [1.807, 2.05) is 0 Å². The van der Waals surface area contributed by atoms with Crippen molar-refractivity contribution in [3.63, 3.8) is 0 Å². The van der Waals surface area contributed by atoms with Crippen LogP contribution in [0.1, 0.15) is 82.6 Å². The van der Waals surface area contributed by atoms with Crippen LogP contribution < -0.4 is 0 Å². The fourth-order valence-corrected chi connectivity index (χ4v) is 6.43. The Morgan fingerprint density at radius 1 is 0.828 bits per heavy atom. The minimum atomic E-state index is 0.874. The van der Waals surface area contributed by atoms with Crippen LogP contribution in [0, 0.1) is 11.8 Å². The van der Waals surface area contributed by atoms with E-state index in [0.717, 1.165) is 23.9 Å². The van der Waals surface area contributed by atoms with Crippen LogP contribution in [0.15, 0.2) is 30.3 Å². The molecular weight excluding hydrogens is 352 g/mol. The van der Waals surface area contributed by atoms with E-state index in [9.17, 15) is 0 Å². The van der Waals surface area contributed by atoms with Crippen LogP contribution in [0.5, 0.6) is 0 Å². The largest absolute Gasteiger partial charge is 0.303 e. The molecule has 0 N–H and O–H groups in total. The lowest BCUT2D eigenvalue weighted by molar-refractivity contribution is 0.127. The van der Waals surface area contributed by atoms with Gasteiger partial charge in [0.05, 0.1) is 0 Å². The van der Waals surface area contributed by atoms with Gasteiger partial charge >= 0.3 is 0 Å². The maximum Gasteiger partial charge on any atom is 0.00983 e. The predicted molar refractivity (Wildman–Crippen MR) is 124 cm³/mol. The normalized spacial score (nSPS) is 27.7. The molecule has 1 saturated heterocycles. The van der Waals surface area contributed by atoms with Crippen molar-refractivity contribution in [3.05, 3.63) is 35.9 Å². The van der Waals surface area contributed by atoms with Crippen LogP contribution in [-0.2, 0) is 6.42 Å². The summed E-state index contributed by atoms with van der Waals surface area (Å²) in [5, 5.41) is 0. The maximum atomic E-state index is 2.81. The van der Waals surface area contributed by atoms with Crippen LogP contribution in [0.2, 0.25) is 0 Å². The number of benzene rings is 1. The van der Waals surface area contributed by atoms with Gasteiger partial charge in [0, 0.05) is 18.6 Å². The molecular formula is C27H44N2. The number of hydrogen-bond donors (Lipinski definition) is 0. The highest BCUT2D eigenvalue weighted by Gasteiger charge is 2.32. The second kappa shape index (κ2) is 11.0. The first-order valence-electron chi connectivity index (χ1n) is 12.8. The Morgan fingerprint density at radius 3 is 2.34 bits per heavy atom. The van der Waals surface area contributed by atoms with Crippen LogP contribution in [-0.4, -0.2) is 48.6 Å². The molecule has 2 heteroatoms. The number of nitrogens with zero attached hydrogens (tertiary/aromatic N) is 2. The zero-order valence-electron chi connectivity index (χ0n) is 18.9. The first-order chi connectivity index (χ1) is 14.3. The molecule has 1 heterocycles. The molecule has 0 amide bonds. The average Bonchev–Trinajstić information content (AvgIpc) is 3.24. The van der Waals surface area contributed by atoms with Gasteiger partial charge < -0.3 is 9.80 Å². The summed E-state index contributed by atoms with van der Waals surface area (Å²) in [6.45, 7) is 4.09. The summed E-state index contributed by atoms with van der Waals surface area (Å²) in [5.74, 6) is 1.93. The smallest absolute Gasteiger partial charge is 0.00983 e. The van der Waals surface area contributed by atoms with Gasteiger partial charge in [0.15, 0.2) is 0 Å². The topological polar surface area (TPSA) is 6.48 Å². The molecule has 1 aromatic rings. The summed E-state index contributed by atoms with van der Waals surface area (Å²) >= 11 is 0. The van der Waals surface area contributed by atoms with Gasteiger partial charge in [-0.1, -0.05) is 56.0 Å². The third-order valence-corrected chi connectivity index (χ3v) is 8.38. The lowest BCUT2D eigenvalue weighted by Crippen LogP contribution is -2.41. The summed E-state index contributed by atoms with van der Waals surface area (Å²) in [7, 11) is 2.43. The first-order valence-corrected chi connectivity index (χ1v) is 12.8. The predicted octanol–water partition coefficient (Wildman–Crippen LogP) is 6.15. The first kappa shape index (κ1) is 21.4. The molecule has 3 fully saturated rings. The minimum absolute atomic E-state index is 0.874. The Hall–Kier alpha value is -0.860. The lowest BCUT2D eigenvalue weighted by Gasteiger charge is -2.36. The summed E-state index contributed by atoms with van der Waals surface area (Å²) in [6, 6.07) is 12.8. The van der Waals surface area contributed by atoms with Crippen LogP contribution in [0.3, 0.4) is 0 Å². The highest BCUT2D eigenvalue weighted by atomic mass is 15.2. The third-order valence-electron chi connectivity index (χ3n) is 8.38. The van der Waals surface area contributed by atoms with E-state index >= 15 is 0 Å². The number of likely N-dealkylation sites (tertiary alicyclic amines) is 1. The van der Waals surface area contributed by atoms with Gasteiger partial charge in [0.1, 0.15) is 0 Å². The van der Waals surface area contributed by atoms with Crippen molar-refractivity contribution in [2.24, 2.45) is 11.8 Å². The highest BCUT2D eigenvalue weighted by Crippen LogP contribution is 2.34. The van der Waals surface area contributed by atoms with Crippen LogP contribution in [0.4, 0.5) is 0 Å². The molecule has 1 aromatic carbocycles. The van der Waals surface area contributed by atoms with Crippen LogP contribution in [0.25, 0.3) is 0 Å². The molecule has 162 valence electrons. The summed E-state index contributed by atoms with van der Waals surface area (Å²) in [4.78, 5) is 5.60. The zero-order chi connectivity index (χ0) is 19.9. The molecule has 4 rings (SSSR count). The van der Waals surface area contributed by atoms with Gasteiger partial charge in [-0.25, -0.2) is 0 Å². The Kier molecular flexibility index (Phi) is 8.08. The summed E-state index contributed by atoms with van der Waals surface area (Å²) < 4.78 is 0. The van der Waals surface area contributed by atoms with E-state index in [-0.39, 0.29) is 0 Å². The van der Waals surface area contributed by atoms with E-state index < -0.39 is 0 Å². The SMILES string of the molecule is CN(C1CCCCC1)C1CCC(CN2CCC(CCCc3ccccc3)CC2)C1. The molecule has 0 radical (unpaired) electrons. The Bertz CT molecular complexity index is 571. The minimum Gasteiger partial charge on any atom is -0.303 e. The van der Waals surface area contributed by atoms with Gasteiger partial charge in [-0.05, 0) is 95.3 Å². The van der Waals surface area contributed by atoms with Crippen molar-refractivity contribution in [2.75, 3.05) is 26.7 Å². The second-order valence-corrected chi connectivity index (χ2v) is 10.4. The standard InChI is InChI=1S/C27H44N2/c1-28(26-13-6-3-7-14-26)27-16-15-25(21-27)22-29-19-17-24(18-20-29)12-8-11-23-9-4-2-5-10-23/h2,4-5,9-10,24-27H,3,6-8,11-22H2,1H3. The second-order valence-electron chi connectivity index (χ2n) is 10.4. The van der Waals surface area contributed by atoms with Gasteiger partial charge in [0.25, 0.3) is 0 Å². The van der Waals surface area contributed by atoms with Gasteiger partial charge in [0.2, 0.25) is 0 Å². The fourth-order valence-electron chi connectivity index (χ4n) is 6.43. The fraction of sp³-hybridized carbons (Fsp3) is 0.778. The van der Waals surface area contributed by atoms with E-state index in [0.29, 0.717) is 0 Å². The van der Waals surface area contributed by atoms with Crippen molar-refractivity contribution >= 4 is 0 Å². The molecule has 1 aliphatic heterocycles. The molecule has 2 atom stereocenters. The maximum absolute atomic E-state index is 2.81. The molecule has 2 aliphatic carbocycles. The molecule has 3 aliphatic rings. The zero-order valence-corrected chi connectivity index (χ0v) is 18.9. The Balaban J connectivity index is 1.11. The lowest BCUT2D eigenvalue weighted by atomic mass is 9.90. The number of hydrogen-bond acceptors (Lipinski definition) is 2. The third kappa shape index (κ3) is 6.31. The quantitative estimate of drug-likeness (QED) is 0.519.